The summed E-state index contributed by atoms with van der Waals surface area (Å²) in [6.07, 6.45) is 1.93. The Hall–Kier alpha value is -1.91. The third kappa shape index (κ3) is 4.20. The molecule has 0 aliphatic carbocycles. The zero-order chi connectivity index (χ0) is 18.0. The molecule has 1 fully saturated rings. The first-order chi connectivity index (χ1) is 11.9. The van der Waals surface area contributed by atoms with E-state index in [0.717, 1.165) is 11.1 Å². The van der Waals surface area contributed by atoms with E-state index >= 15 is 0 Å². The van der Waals surface area contributed by atoms with Crippen LogP contribution in [0.5, 0.6) is 0 Å². The van der Waals surface area contributed by atoms with Gasteiger partial charge < -0.3 is 0 Å². The van der Waals surface area contributed by atoms with Crippen molar-refractivity contribution in [2.24, 2.45) is 0 Å². The van der Waals surface area contributed by atoms with Gasteiger partial charge in [-0.2, -0.15) is 0 Å². The SMILES string of the molecule is Cc1ccc(CN2C(=O)C(=Cc3ccc(C(C)C)cc3)SC2=S)cc1. The molecule has 0 aromatic heterocycles. The Kier molecular flexibility index (Phi) is 5.40. The molecule has 0 unspecified atom stereocenters. The number of hydrogen-bond acceptors (Lipinski definition) is 3. The van der Waals surface area contributed by atoms with E-state index in [1.54, 1.807) is 4.90 Å². The van der Waals surface area contributed by atoms with Gasteiger partial charge in [-0.25, -0.2) is 0 Å². The van der Waals surface area contributed by atoms with Gasteiger partial charge in [0.15, 0.2) is 0 Å². The van der Waals surface area contributed by atoms with Gasteiger partial charge in [-0.1, -0.05) is 91.9 Å². The summed E-state index contributed by atoms with van der Waals surface area (Å²) in [6.45, 7) is 6.92. The monoisotopic (exact) mass is 367 g/mol. The number of rotatable bonds is 4. The number of carbonyl (C=O) groups is 1. The summed E-state index contributed by atoms with van der Waals surface area (Å²) in [4.78, 5) is 15.1. The molecule has 1 aliphatic rings. The molecule has 0 bridgehead atoms. The first kappa shape index (κ1) is 17.9. The molecule has 0 N–H and O–H groups in total. The third-order valence-electron chi connectivity index (χ3n) is 4.24. The van der Waals surface area contributed by atoms with E-state index in [0.29, 0.717) is 21.7 Å². The summed E-state index contributed by atoms with van der Waals surface area (Å²) in [5, 5.41) is 0. The van der Waals surface area contributed by atoms with Crippen LogP contribution in [0.25, 0.3) is 6.08 Å². The first-order valence-electron chi connectivity index (χ1n) is 8.35. The summed E-state index contributed by atoms with van der Waals surface area (Å²) in [5.41, 5.74) is 4.62. The maximum Gasteiger partial charge on any atom is 0.266 e. The van der Waals surface area contributed by atoms with Crippen LogP contribution < -0.4 is 0 Å². The topological polar surface area (TPSA) is 20.3 Å². The zero-order valence-corrected chi connectivity index (χ0v) is 16.3. The minimum atomic E-state index is -0.0106. The number of thiocarbonyl (C=S) groups is 1. The van der Waals surface area contributed by atoms with Gasteiger partial charge in [-0.05, 0) is 35.6 Å². The van der Waals surface area contributed by atoms with Crippen molar-refractivity contribution in [3.8, 4) is 0 Å². The van der Waals surface area contributed by atoms with Gasteiger partial charge in [0, 0.05) is 0 Å². The number of aryl methyl sites for hydroxylation is 1. The molecule has 1 amide bonds. The van der Waals surface area contributed by atoms with E-state index in [9.17, 15) is 4.79 Å². The minimum Gasteiger partial charge on any atom is -0.288 e. The molecule has 25 heavy (non-hydrogen) atoms. The summed E-state index contributed by atoms with van der Waals surface area (Å²) in [6, 6.07) is 16.5. The predicted octanol–water partition coefficient (Wildman–Crippen LogP) is 5.52. The molecule has 1 heterocycles. The maximum absolute atomic E-state index is 12.7. The van der Waals surface area contributed by atoms with Crippen LogP contribution in [0, 0.1) is 6.92 Å². The van der Waals surface area contributed by atoms with Crippen LogP contribution in [-0.4, -0.2) is 15.1 Å². The third-order valence-corrected chi connectivity index (χ3v) is 5.61. The molecule has 0 spiro atoms. The second-order valence-electron chi connectivity index (χ2n) is 6.57. The average molecular weight is 368 g/mol. The molecule has 2 aromatic carbocycles. The predicted molar refractivity (Wildman–Crippen MR) is 110 cm³/mol. The normalized spacial score (nSPS) is 16.3. The van der Waals surface area contributed by atoms with E-state index < -0.39 is 0 Å². The van der Waals surface area contributed by atoms with Crippen molar-refractivity contribution in [3.05, 3.63) is 75.7 Å². The standard InChI is InChI=1S/C21H21NOS2/c1-14(2)18-10-8-16(9-11-18)12-19-20(23)22(21(24)25-19)13-17-6-4-15(3)5-7-17/h4-12,14H,13H2,1-3H3. The van der Waals surface area contributed by atoms with Crippen LogP contribution in [0.4, 0.5) is 0 Å². The summed E-state index contributed by atoms with van der Waals surface area (Å²) < 4.78 is 0.621. The number of amides is 1. The van der Waals surface area contributed by atoms with Gasteiger partial charge in [-0.15, -0.1) is 0 Å². The molecule has 2 aromatic rings. The van der Waals surface area contributed by atoms with E-state index in [4.69, 9.17) is 12.2 Å². The highest BCUT2D eigenvalue weighted by molar-refractivity contribution is 8.26. The van der Waals surface area contributed by atoms with Crippen molar-refractivity contribution in [3.63, 3.8) is 0 Å². The van der Waals surface area contributed by atoms with Crippen LogP contribution in [0.2, 0.25) is 0 Å². The largest absolute Gasteiger partial charge is 0.288 e. The van der Waals surface area contributed by atoms with Crippen molar-refractivity contribution < 1.29 is 4.79 Å². The Morgan fingerprint density at radius 1 is 1.08 bits per heavy atom. The summed E-state index contributed by atoms with van der Waals surface area (Å²) >= 11 is 6.80. The second kappa shape index (κ2) is 7.54. The first-order valence-corrected chi connectivity index (χ1v) is 9.57. The molecule has 0 saturated carbocycles. The molecule has 1 saturated heterocycles. The molecule has 3 rings (SSSR count). The summed E-state index contributed by atoms with van der Waals surface area (Å²) in [7, 11) is 0. The fourth-order valence-electron chi connectivity index (χ4n) is 2.64. The van der Waals surface area contributed by atoms with Crippen molar-refractivity contribution in [1.29, 1.82) is 0 Å². The van der Waals surface area contributed by atoms with Gasteiger partial charge in [0.2, 0.25) is 0 Å². The summed E-state index contributed by atoms with van der Waals surface area (Å²) in [5.74, 6) is 0.491. The van der Waals surface area contributed by atoms with Crippen molar-refractivity contribution >= 4 is 40.3 Å². The number of carbonyl (C=O) groups excluding carboxylic acids is 1. The Morgan fingerprint density at radius 2 is 1.72 bits per heavy atom. The molecule has 0 radical (unpaired) electrons. The van der Waals surface area contributed by atoms with Gasteiger partial charge in [0.1, 0.15) is 4.32 Å². The highest BCUT2D eigenvalue weighted by Crippen LogP contribution is 2.33. The average Bonchev–Trinajstić information content (AvgIpc) is 2.85. The van der Waals surface area contributed by atoms with E-state index in [1.165, 1.54) is 22.9 Å². The fourth-order valence-corrected chi connectivity index (χ4v) is 3.90. The van der Waals surface area contributed by atoms with Crippen molar-refractivity contribution in [2.75, 3.05) is 0 Å². The van der Waals surface area contributed by atoms with Gasteiger partial charge >= 0.3 is 0 Å². The van der Waals surface area contributed by atoms with Crippen LogP contribution in [0.3, 0.4) is 0 Å². The maximum atomic E-state index is 12.7. The molecular formula is C21H21NOS2. The Morgan fingerprint density at radius 3 is 2.32 bits per heavy atom. The van der Waals surface area contributed by atoms with E-state index in [1.807, 2.05) is 18.2 Å². The Labute approximate surface area is 158 Å². The number of benzene rings is 2. The molecule has 4 heteroatoms. The number of hydrogen-bond donors (Lipinski definition) is 0. The van der Waals surface area contributed by atoms with Crippen LogP contribution in [0.15, 0.2) is 53.4 Å². The van der Waals surface area contributed by atoms with Crippen LogP contribution in [-0.2, 0) is 11.3 Å². The van der Waals surface area contributed by atoms with E-state index in [-0.39, 0.29) is 5.91 Å². The molecule has 128 valence electrons. The quantitative estimate of drug-likeness (QED) is 0.524. The highest BCUT2D eigenvalue weighted by atomic mass is 32.2. The van der Waals surface area contributed by atoms with E-state index in [2.05, 4.69) is 57.2 Å². The zero-order valence-electron chi connectivity index (χ0n) is 14.7. The lowest BCUT2D eigenvalue weighted by Gasteiger charge is -2.14. The van der Waals surface area contributed by atoms with Gasteiger partial charge in [-0.3, -0.25) is 9.69 Å². The molecular weight excluding hydrogens is 346 g/mol. The van der Waals surface area contributed by atoms with Gasteiger partial charge in [0.25, 0.3) is 5.91 Å². The highest BCUT2D eigenvalue weighted by Gasteiger charge is 2.31. The van der Waals surface area contributed by atoms with Gasteiger partial charge in [0.05, 0.1) is 11.4 Å². The Bertz CT molecular complexity index is 820. The van der Waals surface area contributed by atoms with Crippen LogP contribution in [0.1, 0.15) is 42.0 Å². The smallest absolute Gasteiger partial charge is 0.266 e. The minimum absolute atomic E-state index is 0.0106. The number of nitrogens with zero attached hydrogens (tertiary/aromatic N) is 1. The lowest BCUT2D eigenvalue weighted by Crippen LogP contribution is -2.27. The second-order valence-corrected chi connectivity index (χ2v) is 8.25. The molecule has 1 aliphatic heterocycles. The Balaban J connectivity index is 1.77. The van der Waals surface area contributed by atoms with Crippen LogP contribution >= 0.6 is 24.0 Å². The molecule has 2 nitrogen and oxygen atoms in total. The fraction of sp³-hybridized carbons (Fsp3) is 0.238. The lowest BCUT2D eigenvalue weighted by molar-refractivity contribution is -0.122. The number of thioether (sulfide) groups is 1. The molecule has 0 atom stereocenters. The van der Waals surface area contributed by atoms with Crippen molar-refractivity contribution in [1.82, 2.24) is 4.90 Å². The lowest BCUT2D eigenvalue weighted by atomic mass is 10.0. The van der Waals surface area contributed by atoms with Crippen molar-refractivity contribution in [2.45, 2.75) is 33.2 Å².